The van der Waals surface area contributed by atoms with Gasteiger partial charge in [-0.15, -0.1) is 5.10 Å². The van der Waals surface area contributed by atoms with Gasteiger partial charge in [0.2, 0.25) is 11.1 Å². The van der Waals surface area contributed by atoms with Gasteiger partial charge in [0.1, 0.15) is 6.07 Å². The lowest BCUT2D eigenvalue weighted by molar-refractivity contribution is -0.113. The van der Waals surface area contributed by atoms with Crippen LogP contribution in [0.25, 0.3) is 5.69 Å². The Labute approximate surface area is 148 Å². The molecule has 0 aliphatic heterocycles. The zero-order valence-electron chi connectivity index (χ0n) is 13.4. The van der Waals surface area contributed by atoms with Crippen LogP contribution in [0.15, 0.2) is 53.7 Å². The molecule has 1 amide bonds. The molecule has 3 aromatic rings. The number of amides is 1. The summed E-state index contributed by atoms with van der Waals surface area (Å²) < 4.78 is 1.58. The van der Waals surface area contributed by atoms with Crippen LogP contribution in [-0.2, 0) is 4.79 Å². The molecule has 0 saturated heterocycles. The van der Waals surface area contributed by atoms with Crippen molar-refractivity contribution >= 4 is 23.4 Å². The van der Waals surface area contributed by atoms with E-state index in [1.807, 2.05) is 37.3 Å². The van der Waals surface area contributed by atoms with Crippen molar-refractivity contribution in [3.8, 4) is 11.8 Å². The molecule has 0 saturated carbocycles. The van der Waals surface area contributed by atoms with Crippen LogP contribution in [-0.4, -0.2) is 31.9 Å². The van der Waals surface area contributed by atoms with Crippen LogP contribution < -0.4 is 5.32 Å². The Hall–Kier alpha value is -3.18. The first-order valence-electron chi connectivity index (χ1n) is 7.44. The Balaban J connectivity index is 1.66. The Morgan fingerprint density at radius 2 is 2.00 bits per heavy atom. The van der Waals surface area contributed by atoms with Gasteiger partial charge in [-0.05, 0) is 41.6 Å². The highest BCUT2D eigenvalue weighted by Gasteiger charge is 2.12. The molecule has 0 atom stereocenters. The number of thioether (sulfide) groups is 1. The van der Waals surface area contributed by atoms with Gasteiger partial charge in [0.05, 0.1) is 22.7 Å². The molecule has 124 valence electrons. The van der Waals surface area contributed by atoms with Gasteiger partial charge in [0.15, 0.2) is 0 Å². The molecule has 0 radical (unpaired) electrons. The topological polar surface area (TPSA) is 96.5 Å². The highest BCUT2D eigenvalue weighted by atomic mass is 32.2. The van der Waals surface area contributed by atoms with Crippen molar-refractivity contribution in [1.29, 1.82) is 5.26 Å². The van der Waals surface area contributed by atoms with Gasteiger partial charge >= 0.3 is 0 Å². The van der Waals surface area contributed by atoms with Gasteiger partial charge < -0.3 is 5.32 Å². The number of hydrogen-bond acceptors (Lipinski definition) is 6. The van der Waals surface area contributed by atoms with E-state index in [9.17, 15) is 4.79 Å². The molecule has 0 aliphatic rings. The van der Waals surface area contributed by atoms with Gasteiger partial charge in [0, 0.05) is 0 Å². The minimum absolute atomic E-state index is 0.131. The number of hydrogen-bond donors (Lipinski definition) is 1. The summed E-state index contributed by atoms with van der Waals surface area (Å²) in [5, 5.41) is 23.9. The molecule has 0 aliphatic carbocycles. The summed E-state index contributed by atoms with van der Waals surface area (Å²) in [5.74, 6) is -0.0995. The molecular weight excluding hydrogens is 336 g/mol. The fourth-order valence-electron chi connectivity index (χ4n) is 2.12. The number of nitriles is 1. The van der Waals surface area contributed by atoms with Crippen LogP contribution in [0.1, 0.15) is 11.1 Å². The molecule has 0 bridgehead atoms. The fraction of sp³-hybridized carbons (Fsp3) is 0.118. The van der Waals surface area contributed by atoms with Crippen molar-refractivity contribution in [2.24, 2.45) is 0 Å². The van der Waals surface area contributed by atoms with Crippen LogP contribution in [0.4, 0.5) is 5.69 Å². The van der Waals surface area contributed by atoms with Crippen LogP contribution >= 0.6 is 11.8 Å². The molecule has 8 heteroatoms. The monoisotopic (exact) mass is 350 g/mol. The second-order valence-corrected chi connectivity index (χ2v) is 6.15. The Bertz CT molecular complexity index is 929. The van der Waals surface area contributed by atoms with Crippen LogP contribution in [0.5, 0.6) is 0 Å². The first-order chi connectivity index (χ1) is 12.2. The summed E-state index contributed by atoms with van der Waals surface area (Å²) in [6, 6.07) is 16.7. The van der Waals surface area contributed by atoms with E-state index in [1.165, 1.54) is 11.8 Å². The Morgan fingerprint density at radius 3 is 2.76 bits per heavy atom. The normalized spacial score (nSPS) is 10.2. The van der Waals surface area contributed by atoms with Crippen molar-refractivity contribution in [2.75, 3.05) is 11.1 Å². The van der Waals surface area contributed by atoms with E-state index in [1.54, 1.807) is 28.9 Å². The average molecular weight is 350 g/mol. The second-order valence-electron chi connectivity index (χ2n) is 5.20. The maximum Gasteiger partial charge on any atom is 0.234 e. The Morgan fingerprint density at radius 1 is 1.24 bits per heavy atom. The van der Waals surface area contributed by atoms with E-state index in [-0.39, 0.29) is 11.7 Å². The average Bonchev–Trinajstić information content (AvgIpc) is 3.09. The zero-order chi connectivity index (χ0) is 17.6. The van der Waals surface area contributed by atoms with Gasteiger partial charge in [-0.2, -0.15) is 9.94 Å². The number of nitrogens with one attached hydrogen (secondary N) is 1. The summed E-state index contributed by atoms with van der Waals surface area (Å²) in [6.07, 6.45) is 0. The van der Waals surface area contributed by atoms with E-state index in [4.69, 9.17) is 5.26 Å². The maximum atomic E-state index is 12.1. The minimum Gasteiger partial charge on any atom is -0.324 e. The standard InChI is InChI=1S/C17H14N6OS/c1-12-6-8-14(9-7-12)23-17(20-21-22-23)25-11-16(24)19-15-5-3-2-4-13(15)10-18/h2-9H,11H2,1H3,(H,19,24). The van der Waals surface area contributed by atoms with Gasteiger partial charge in [-0.25, -0.2) is 0 Å². The van der Waals surface area contributed by atoms with Gasteiger partial charge in [-0.1, -0.05) is 41.6 Å². The third-order valence-corrected chi connectivity index (χ3v) is 4.29. The number of benzene rings is 2. The van der Waals surface area contributed by atoms with Gasteiger partial charge in [-0.3, -0.25) is 4.79 Å². The molecule has 0 fully saturated rings. The first kappa shape index (κ1) is 16.7. The second kappa shape index (κ2) is 7.59. The van der Waals surface area contributed by atoms with Crippen molar-refractivity contribution in [2.45, 2.75) is 12.1 Å². The van der Waals surface area contributed by atoms with Crippen molar-refractivity contribution in [3.05, 3.63) is 59.7 Å². The van der Waals surface area contributed by atoms with Crippen molar-refractivity contribution < 1.29 is 4.79 Å². The quantitative estimate of drug-likeness (QED) is 0.711. The summed E-state index contributed by atoms with van der Waals surface area (Å²) >= 11 is 1.23. The number of nitrogens with zero attached hydrogens (tertiary/aromatic N) is 5. The van der Waals surface area contributed by atoms with Crippen molar-refractivity contribution in [1.82, 2.24) is 20.2 Å². The molecule has 2 aromatic carbocycles. The smallest absolute Gasteiger partial charge is 0.234 e. The summed E-state index contributed by atoms with van der Waals surface area (Å²) in [7, 11) is 0. The van der Waals surface area contributed by atoms with E-state index in [2.05, 4.69) is 20.8 Å². The predicted octanol–water partition coefficient (Wildman–Crippen LogP) is 2.57. The third-order valence-electron chi connectivity index (χ3n) is 3.37. The van der Waals surface area contributed by atoms with Gasteiger partial charge in [0.25, 0.3) is 0 Å². The number of anilines is 1. The number of tetrazole rings is 1. The molecule has 25 heavy (non-hydrogen) atoms. The lowest BCUT2D eigenvalue weighted by Crippen LogP contribution is -2.15. The number of rotatable bonds is 5. The molecule has 1 aromatic heterocycles. The lowest BCUT2D eigenvalue weighted by atomic mass is 10.2. The lowest BCUT2D eigenvalue weighted by Gasteiger charge is -2.07. The van der Waals surface area contributed by atoms with E-state index < -0.39 is 0 Å². The molecule has 3 rings (SSSR count). The number of aromatic nitrogens is 4. The third kappa shape index (κ3) is 4.02. The minimum atomic E-state index is -0.230. The van der Waals surface area contributed by atoms with E-state index in [0.717, 1.165) is 11.3 Å². The number of para-hydroxylation sites is 1. The highest BCUT2D eigenvalue weighted by molar-refractivity contribution is 7.99. The SMILES string of the molecule is Cc1ccc(-n2nnnc2SCC(=O)Nc2ccccc2C#N)cc1. The molecule has 1 heterocycles. The Kier molecular flexibility index (Phi) is 5.06. The number of carbonyl (C=O) groups is 1. The molecular formula is C17H14N6OS. The predicted molar refractivity (Wildman–Crippen MR) is 94.4 cm³/mol. The number of aryl methyl sites for hydroxylation is 1. The van der Waals surface area contributed by atoms with E-state index >= 15 is 0 Å². The molecule has 0 spiro atoms. The van der Waals surface area contributed by atoms with Crippen LogP contribution in [0.2, 0.25) is 0 Å². The molecule has 0 unspecified atom stereocenters. The number of carbonyl (C=O) groups excluding carboxylic acids is 1. The molecule has 7 nitrogen and oxygen atoms in total. The largest absolute Gasteiger partial charge is 0.324 e. The van der Waals surface area contributed by atoms with Crippen LogP contribution in [0, 0.1) is 18.3 Å². The van der Waals surface area contributed by atoms with Crippen LogP contribution in [0.3, 0.4) is 0 Å². The fourth-order valence-corrected chi connectivity index (χ4v) is 2.81. The zero-order valence-corrected chi connectivity index (χ0v) is 14.2. The van der Waals surface area contributed by atoms with E-state index in [0.29, 0.717) is 16.4 Å². The highest BCUT2D eigenvalue weighted by Crippen LogP contribution is 2.19. The molecule has 1 N–H and O–H groups in total. The first-order valence-corrected chi connectivity index (χ1v) is 8.43. The maximum absolute atomic E-state index is 12.1. The summed E-state index contributed by atoms with van der Waals surface area (Å²) in [5.41, 5.74) is 2.88. The summed E-state index contributed by atoms with van der Waals surface area (Å²) in [4.78, 5) is 12.1. The summed E-state index contributed by atoms with van der Waals surface area (Å²) in [6.45, 7) is 2.00. The van der Waals surface area contributed by atoms with Crippen molar-refractivity contribution in [3.63, 3.8) is 0 Å².